The Balaban J connectivity index is 0.000000720. The highest BCUT2D eigenvalue weighted by Gasteiger charge is 2.50. The minimum absolute atomic E-state index is 0. The van der Waals surface area contributed by atoms with Crippen molar-refractivity contribution in [2.45, 2.75) is 24.8 Å². The highest BCUT2D eigenvalue weighted by molar-refractivity contribution is 5.85. The lowest BCUT2D eigenvalue weighted by atomic mass is 10.00. The molecule has 1 aliphatic heterocycles. The molecule has 1 aliphatic carbocycles. The van der Waals surface area contributed by atoms with Crippen LogP contribution in [0.1, 0.15) is 19.3 Å². The first-order valence-electron chi connectivity index (χ1n) is 4.10. The lowest BCUT2D eigenvalue weighted by molar-refractivity contribution is -0.147. The molecular weight excluding hydrogens is 178 g/mol. The smallest absolute Gasteiger partial charge is 0.326 e. The van der Waals surface area contributed by atoms with Crippen LogP contribution in [0.5, 0.6) is 0 Å². The molecule has 12 heavy (non-hydrogen) atoms. The summed E-state index contributed by atoms with van der Waals surface area (Å²) in [5, 5.41) is 3.25. The fourth-order valence-corrected chi connectivity index (χ4v) is 2.27. The third-order valence-corrected chi connectivity index (χ3v) is 2.92. The zero-order chi connectivity index (χ0) is 7.90. The van der Waals surface area contributed by atoms with Crippen molar-refractivity contribution in [1.82, 2.24) is 5.32 Å². The maximum Gasteiger partial charge on any atom is 0.326 e. The van der Waals surface area contributed by atoms with E-state index in [0.29, 0.717) is 5.92 Å². The summed E-state index contributed by atoms with van der Waals surface area (Å²) in [5.41, 5.74) is -0.292. The minimum Gasteiger partial charge on any atom is -0.468 e. The van der Waals surface area contributed by atoms with Gasteiger partial charge in [0.2, 0.25) is 0 Å². The van der Waals surface area contributed by atoms with Crippen molar-refractivity contribution in [3.05, 3.63) is 0 Å². The van der Waals surface area contributed by atoms with E-state index < -0.39 is 0 Å². The predicted molar refractivity (Wildman–Crippen MR) is 47.3 cm³/mol. The van der Waals surface area contributed by atoms with Gasteiger partial charge in [-0.3, -0.25) is 4.79 Å². The molecule has 1 heterocycles. The monoisotopic (exact) mass is 191 g/mol. The molecule has 2 atom stereocenters. The van der Waals surface area contributed by atoms with Gasteiger partial charge in [-0.25, -0.2) is 0 Å². The quantitative estimate of drug-likeness (QED) is 0.621. The van der Waals surface area contributed by atoms with Gasteiger partial charge in [-0.15, -0.1) is 12.4 Å². The summed E-state index contributed by atoms with van der Waals surface area (Å²) in [5.74, 6) is 0.645. The lowest BCUT2D eigenvalue weighted by Gasteiger charge is -2.23. The van der Waals surface area contributed by atoms with Gasteiger partial charge in [-0.2, -0.15) is 0 Å². The highest BCUT2D eigenvalue weighted by atomic mass is 35.5. The number of nitrogens with one attached hydrogen (secondary N) is 1. The van der Waals surface area contributed by atoms with Crippen LogP contribution in [0.4, 0.5) is 0 Å². The van der Waals surface area contributed by atoms with E-state index in [9.17, 15) is 4.79 Å². The minimum atomic E-state index is -0.292. The van der Waals surface area contributed by atoms with Gasteiger partial charge in [0.1, 0.15) is 5.54 Å². The normalized spacial score (nSPS) is 37.6. The Hall–Kier alpha value is -0.280. The summed E-state index contributed by atoms with van der Waals surface area (Å²) in [6.07, 6.45) is 3.13. The zero-order valence-corrected chi connectivity index (χ0v) is 7.95. The number of hydrogen-bond acceptors (Lipinski definition) is 3. The van der Waals surface area contributed by atoms with Gasteiger partial charge in [0, 0.05) is 0 Å². The van der Waals surface area contributed by atoms with Crippen LogP contribution in [0, 0.1) is 5.92 Å². The van der Waals surface area contributed by atoms with Crippen LogP contribution in [-0.4, -0.2) is 25.2 Å². The molecule has 1 saturated carbocycles. The number of fused-ring (bicyclic) bond motifs is 2. The number of ether oxygens (including phenoxy) is 1. The molecule has 0 aromatic rings. The van der Waals surface area contributed by atoms with E-state index in [1.807, 2.05) is 0 Å². The first-order valence-corrected chi connectivity index (χ1v) is 4.10. The van der Waals surface area contributed by atoms with Crippen LogP contribution in [0.2, 0.25) is 0 Å². The third kappa shape index (κ3) is 1.21. The van der Waals surface area contributed by atoms with E-state index in [2.05, 4.69) is 5.32 Å². The molecule has 0 amide bonds. The SMILES string of the molecule is COC(=O)C12CCC(CN1)C2.Cl. The predicted octanol–water partition coefficient (Wildman–Crippen LogP) is 0.723. The van der Waals surface area contributed by atoms with E-state index >= 15 is 0 Å². The zero-order valence-electron chi connectivity index (χ0n) is 7.13. The molecule has 2 fully saturated rings. The van der Waals surface area contributed by atoms with Crippen molar-refractivity contribution >= 4 is 18.4 Å². The average Bonchev–Trinajstić information content (AvgIpc) is 2.62. The summed E-state index contributed by atoms with van der Waals surface area (Å²) in [6, 6.07) is 0. The molecule has 0 aromatic carbocycles. The maximum absolute atomic E-state index is 11.3. The second-order valence-corrected chi connectivity index (χ2v) is 3.56. The molecule has 70 valence electrons. The molecular formula is C8H14ClNO2. The van der Waals surface area contributed by atoms with Gasteiger partial charge in [-0.1, -0.05) is 0 Å². The summed E-state index contributed by atoms with van der Waals surface area (Å²) < 4.78 is 4.75. The Morgan fingerprint density at radius 2 is 2.42 bits per heavy atom. The molecule has 1 saturated heterocycles. The highest BCUT2D eigenvalue weighted by Crippen LogP contribution is 2.40. The van der Waals surface area contributed by atoms with E-state index in [1.165, 1.54) is 13.5 Å². The number of carbonyl (C=O) groups is 1. The van der Waals surface area contributed by atoms with Crippen molar-refractivity contribution in [2.75, 3.05) is 13.7 Å². The lowest BCUT2D eigenvalue weighted by Crippen LogP contribution is -2.48. The Kier molecular flexibility index (Phi) is 2.64. The summed E-state index contributed by atoms with van der Waals surface area (Å²) in [7, 11) is 1.46. The average molecular weight is 192 g/mol. The molecule has 0 aromatic heterocycles. The third-order valence-electron chi connectivity index (χ3n) is 2.92. The van der Waals surface area contributed by atoms with Crippen molar-refractivity contribution in [3.8, 4) is 0 Å². The number of esters is 1. The second-order valence-electron chi connectivity index (χ2n) is 3.56. The van der Waals surface area contributed by atoms with Gasteiger partial charge in [-0.05, 0) is 31.7 Å². The number of piperidine rings is 1. The number of methoxy groups -OCH3 is 1. The molecule has 2 aliphatic rings. The summed E-state index contributed by atoms with van der Waals surface area (Å²) in [6.45, 7) is 0.995. The Labute approximate surface area is 78.3 Å². The summed E-state index contributed by atoms with van der Waals surface area (Å²) in [4.78, 5) is 11.3. The van der Waals surface area contributed by atoms with Crippen molar-refractivity contribution in [1.29, 1.82) is 0 Å². The molecule has 0 spiro atoms. The second kappa shape index (κ2) is 3.23. The van der Waals surface area contributed by atoms with E-state index in [0.717, 1.165) is 19.4 Å². The topological polar surface area (TPSA) is 38.3 Å². The number of halogens is 1. The van der Waals surface area contributed by atoms with Gasteiger partial charge in [0.05, 0.1) is 7.11 Å². The van der Waals surface area contributed by atoms with E-state index in [1.54, 1.807) is 0 Å². The maximum atomic E-state index is 11.3. The number of hydrogen-bond donors (Lipinski definition) is 1. The number of rotatable bonds is 1. The van der Waals surface area contributed by atoms with Crippen LogP contribution in [0.25, 0.3) is 0 Å². The standard InChI is InChI=1S/C8H13NO2.ClH/c1-11-7(10)8-3-2-6(4-8)5-9-8;/h6,9H,2-5H2,1H3;1H. The van der Waals surface area contributed by atoms with Gasteiger partial charge < -0.3 is 10.1 Å². The van der Waals surface area contributed by atoms with Crippen LogP contribution in [0.3, 0.4) is 0 Å². The van der Waals surface area contributed by atoms with Crippen LogP contribution in [-0.2, 0) is 9.53 Å². The van der Waals surface area contributed by atoms with Gasteiger partial charge in [0.25, 0.3) is 0 Å². The van der Waals surface area contributed by atoms with Crippen LogP contribution in [0.15, 0.2) is 0 Å². The first kappa shape index (κ1) is 9.81. The van der Waals surface area contributed by atoms with Crippen molar-refractivity contribution in [2.24, 2.45) is 5.92 Å². The van der Waals surface area contributed by atoms with Crippen LogP contribution >= 0.6 is 12.4 Å². The molecule has 2 unspecified atom stereocenters. The van der Waals surface area contributed by atoms with Crippen LogP contribution < -0.4 is 5.32 Å². The molecule has 2 bridgehead atoms. The Morgan fingerprint density at radius 1 is 1.67 bits per heavy atom. The van der Waals surface area contributed by atoms with E-state index in [4.69, 9.17) is 4.74 Å². The first-order chi connectivity index (χ1) is 5.27. The number of carbonyl (C=O) groups excluding carboxylic acids is 1. The molecule has 3 nitrogen and oxygen atoms in total. The van der Waals surface area contributed by atoms with Gasteiger partial charge >= 0.3 is 5.97 Å². The fourth-order valence-electron chi connectivity index (χ4n) is 2.27. The largest absolute Gasteiger partial charge is 0.468 e. The molecule has 4 heteroatoms. The fraction of sp³-hybridized carbons (Fsp3) is 0.875. The van der Waals surface area contributed by atoms with Crippen molar-refractivity contribution in [3.63, 3.8) is 0 Å². The molecule has 0 radical (unpaired) electrons. The van der Waals surface area contributed by atoms with Crippen molar-refractivity contribution < 1.29 is 9.53 Å². The molecule has 1 N–H and O–H groups in total. The van der Waals surface area contributed by atoms with E-state index in [-0.39, 0.29) is 23.9 Å². The summed E-state index contributed by atoms with van der Waals surface area (Å²) >= 11 is 0. The Morgan fingerprint density at radius 3 is 2.75 bits per heavy atom. The Bertz CT molecular complexity index is 187. The molecule has 2 rings (SSSR count). The van der Waals surface area contributed by atoms with Gasteiger partial charge in [0.15, 0.2) is 0 Å².